The average molecular weight is 369 g/mol. The van der Waals surface area contributed by atoms with Gasteiger partial charge in [-0.1, -0.05) is 31.1 Å². The molecule has 0 bridgehead atoms. The number of imidazole rings is 1. The SMILES string of the molecule is CC(C)c1noc(C2CCCCN2C(=O)Cn2c(=O)[nH]c3ccccc32)n1. The van der Waals surface area contributed by atoms with Gasteiger partial charge in [0, 0.05) is 12.5 Å². The summed E-state index contributed by atoms with van der Waals surface area (Å²) in [5.74, 6) is 1.18. The molecule has 8 nitrogen and oxygen atoms in total. The molecular weight excluding hydrogens is 346 g/mol. The van der Waals surface area contributed by atoms with Crippen LogP contribution in [0.4, 0.5) is 0 Å². The van der Waals surface area contributed by atoms with Crippen LogP contribution in [0, 0.1) is 0 Å². The first-order valence-corrected chi connectivity index (χ1v) is 9.35. The van der Waals surface area contributed by atoms with Gasteiger partial charge in [-0.2, -0.15) is 4.98 Å². The van der Waals surface area contributed by atoms with Gasteiger partial charge in [0.25, 0.3) is 0 Å². The lowest BCUT2D eigenvalue weighted by Gasteiger charge is -2.33. The van der Waals surface area contributed by atoms with E-state index in [0.29, 0.717) is 18.3 Å². The number of fused-ring (bicyclic) bond motifs is 1. The predicted molar refractivity (Wildman–Crippen MR) is 99.3 cm³/mol. The molecule has 27 heavy (non-hydrogen) atoms. The summed E-state index contributed by atoms with van der Waals surface area (Å²) in [5, 5.41) is 4.03. The Hall–Kier alpha value is -2.90. The summed E-state index contributed by atoms with van der Waals surface area (Å²) in [7, 11) is 0. The monoisotopic (exact) mass is 369 g/mol. The number of carbonyl (C=O) groups excluding carboxylic acids is 1. The lowest BCUT2D eigenvalue weighted by atomic mass is 10.0. The zero-order valence-electron chi connectivity index (χ0n) is 15.5. The minimum Gasteiger partial charge on any atom is -0.337 e. The molecule has 4 rings (SSSR count). The number of carbonyl (C=O) groups is 1. The molecule has 0 spiro atoms. The molecule has 0 saturated carbocycles. The number of hydrogen-bond acceptors (Lipinski definition) is 5. The maximum atomic E-state index is 13.0. The van der Waals surface area contributed by atoms with E-state index in [1.54, 1.807) is 4.90 Å². The van der Waals surface area contributed by atoms with Crippen LogP contribution in [-0.2, 0) is 11.3 Å². The normalized spacial score (nSPS) is 17.7. The van der Waals surface area contributed by atoms with Gasteiger partial charge in [0.05, 0.1) is 11.0 Å². The van der Waals surface area contributed by atoms with Crippen molar-refractivity contribution < 1.29 is 9.32 Å². The molecule has 3 heterocycles. The highest BCUT2D eigenvalue weighted by molar-refractivity contribution is 5.80. The molecule has 1 fully saturated rings. The van der Waals surface area contributed by atoms with Crippen molar-refractivity contribution in [2.24, 2.45) is 0 Å². The zero-order valence-corrected chi connectivity index (χ0v) is 15.5. The third kappa shape index (κ3) is 3.27. The fourth-order valence-electron chi connectivity index (χ4n) is 3.59. The summed E-state index contributed by atoms with van der Waals surface area (Å²) < 4.78 is 6.93. The molecule has 0 aliphatic carbocycles. The number of H-pyrrole nitrogens is 1. The lowest BCUT2D eigenvalue weighted by molar-refractivity contribution is -0.136. The van der Waals surface area contributed by atoms with Crippen molar-refractivity contribution in [1.82, 2.24) is 24.6 Å². The van der Waals surface area contributed by atoms with Crippen molar-refractivity contribution in [2.45, 2.75) is 51.6 Å². The molecule has 1 amide bonds. The molecule has 1 aliphatic heterocycles. The van der Waals surface area contributed by atoms with Gasteiger partial charge >= 0.3 is 5.69 Å². The Bertz CT molecular complexity index is 1020. The Morgan fingerprint density at radius 1 is 1.33 bits per heavy atom. The summed E-state index contributed by atoms with van der Waals surface area (Å²) in [5.41, 5.74) is 1.17. The summed E-state index contributed by atoms with van der Waals surface area (Å²) in [6, 6.07) is 7.14. The van der Waals surface area contributed by atoms with Crippen molar-refractivity contribution in [3.63, 3.8) is 0 Å². The second kappa shape index (κ2) is 7.02. The number of rotatable bonds is 4. The Labute approximate surface area is 156 Å². The summed E-state index contributed by atoms with van der Waals surface area (Å²) in [4.78, 5) is 34.4. The van der Waals surface area contributed by atoms with Crippen LogP contribution in [0.2, 0.25) is 0 Å². The third-order valence-corrected chi connectivity index (χ3v) is 5.06. The Morgan fingerprint density at radius 2 is 2.15 bits per heavy atom. The molecule has 142 valence electrons. The van der Waals surface area contributed by atoms with Crippen molar-refractivity contribution in [3.05, 3.63) is 46.5 Å². The van der Waals surface area contributed by atoms with Crippen LogP contribution in [0.5, 0.6) is 0 Å². The van der Waals surface area contributed by atoms with Crippen LogP contribution in [-0.4, -0.2) is 37.0 Å². The molecule has 0 radical (unpaired) electrons. The summed E-state index contributed by atoms with van der Waals surface area (Å²) in [6.07, 6.45) is 2.71. The maximum absolute atomic E-state index is 13.0. The van der Waals surface area contributed by atoms with Crippen molar-refractivity contribution >= 4 is 16.9 Å². The highest BCUT2D eigenvalue weighted by Crippen LogP contribution is 2.31. The van der Waals surface area contributed by atoms with Gasteiger partial charge in [0.1, 0.15) is 12.6 Å². The van der Waals surface area contributed by atoms with E-state index >= 15 is 0 Å². The van der Waals surface area contributed by atoms with E-state index in [-0.39, 0.29) is 30.1 Å². The van der Waals surface area contributed by atoms with Crippen molar-refractivity contribution in [3.8, 4) is 0 Å². The number of amides is 1. The highest BCUT2D eigenvalue weighted by atomic mass is 16.5. The first kappa shape index (κ1) is 17.5. The minimum atomic E-state index is -0.280. The molecule has 1 aliphatic rings. The van der Waals surface area contributed by atoms with Gasteiger partial charge in [0.15, 0.2) is 5.82 Å². The number of aromatic amines is 1. The second-order valence-corrected chi connectivity index (χ2v) is 7.28. The molecule has 8 heteroatoms. The van der Waals surface area contributed by atoms with E-state index < -0.39 is 0 Å². The number of benzene rings is 1. The summed E-state index contributed by atoms with van der Waals surface area (Å²) in [6.45, 7) is 4.62. The van der Waals surface area contributed by atoms with Crippen LogP contribution in [0.3, 0.4) is 0 Å². The topological polar surface area (TPSA) is 97.0 Å². The standard InChI is InChI=1S/C19H23N5O3/c1-12(2)17-21-18(27-22-17)15-9-5-6-10-23(15)16(25)11-24-14-8-4-3-7-13(14)20-19(24)26/h3-4,7-8,12,15H,5-6,9-11H2,1-2H3,(H,20,26). The lowest BCUT2D eigenvalue weighted by Crippen LogP contribution is -2.41. The molecule has 1 aromatic carbocycles. The predicted octanol–water partition coefficient (Wildman–Crippen LogP) is 2.59. The first-order valence-electron chi connectivity index (χ1n) is 9.35. The number of nitrogens with one attached hydrogen (secondary N) is 1. The van der Waals surface area contributed by atoms with E-state index in [0.717, 1.165) is 30.3 Å². The molecule has 1 atom stereocenters. The Kier molecular flexibility index (Phi) is 4.55. The number of piperidine rings is 1. The van der Waals surface area contributed by atoms with Crippen LogP contribution in [0.15, 0.2) is 33.6 Å². The van der Waals surface area contributed by atoms with Gasteiger partial charge in [-0.05, 0) is 31.4 Å². The highest BCUT2D eigenvalue weighted by Gasteiger charge is 2.32. The fourth-order valence-corrected chi connectivity index (χ4v) is 3.59. The van der Waals surface area contributed by atoms with Crippen molar-refractivity contribution in [2.75, 3.05) is 6.54 Å². The molecule has 1 unspecified atom stereocenters. The number of para-hydroxylation sites is 2. The Balaban J connectivity index is 1.60. The summed E-state index contributed by atoms with van der Waals surface area (Å²) >= 11 is 0. The van der Waals surface area contributed by atoms with E-state index in [9.17, 15) is 9.59 Å². The number of nitrogens with zero attached hydrogens (tertiary/aromatic N) is 4. The van der Waals surface area contributed by atoms with Crippen LogP contribution in [0.1, 0.15) is 56.8 Å². The molecule has 1 saturated heterocycles. The van der Waals surface area contributed by atoms with Gasteiger partial charge in [-0.3, -0.25) is 9.36 Å². The molecule has 3 aromatic rings. The zero-order chi connectivity index (χ0) is 19.0. The van der Waals surface area contributed by atoms with E-state index in [1.165, 1.54) is 4.57 Å². The molecular formula is C19H23N5O3. The first-order chi connectivity index (χ1) is 13.0. The van der Waals surface area contributed by atoms with Crippen LogP contribution < -0.4 is 5.69 Å². The Morgan fingerprint density at radius 3 is 2.93 bits per heavy atom. The van der Waals surface area contributed by atoms with Gasteiger partial charge in [0.2, 0.25) is 11.8 Å². The largest absolute Gasteiger partial charge is 0.337 e. The number of likely N-dealkylation sites (tertiary alicyclic amines) is 1. The van der Waals surface area contributed by atoms with E-state index in [1.807, 2.05) is 38.1 Å². The minimum absolute atomic E-state index is 0.00940. The van der Waals surface area contributed by atoms with Gasteiger partial charge in [-0.25, -0.2) is 4.79 Å². The molecule has 2 aromatic heterocycles. The van der Waals surface area contributed by atoms with Gasteiger partial charge < -0.3 is 14.4 Å². The maximum Gasteiger partial charge on any atom is 0.326 e. The van der Waals surface area contributed by atoms with E-state index in [4.69, 9.17) is 4.52 Å². The quantitative estimate of drug-likeness (QED) is 0.762. The third-order valence-electron chi connectivity index (χ3n) is 5.06. The van der Waals surface area contributed by atoms with Crippen LogP contribution >= 0.6 is 0 Å². The van der Waals surface area contributed by atoms with Gasteiger partial charge in [-0.15, -0.1) is 0 Å². The van der Waals surface area contributed by atoms with Crippen molar-refractivity contribution in [1.29, 1.82) is 0 Å². The fraction of sp³-hybridized carbons (Fsp3) is 0.474. The van der Waals surface area contributed by atoms with Crippen LogP contribution in [0.25, 0.3) is 11.0 Å². The van der Waals surface area contributed by atoms with E-state index in [2.05, 4.69) is 15.1 Å². The number of hydrogen-bond donors (Lipinski definition) is 1. The second-order valence-electron chi connectivity index (χ2n) is 7.28. The number of aromatic nitrogens is 4. The average Bonchev–Trinajstić information content (AvgIpc) is 3.27. The molecule has 1 N–H and O–H groups in total. The smallest absolute Gasteiger partial charge is 0.326 e.